The molecule has 2 aromatic carbocycles. The van der Waals surface area contributed by atoms with Crippen LogP contribution in [0.3, 0.4) is 0 Å². The molecule has 164 valence electrons. The lowest BCUT2D eigenvalue weighted by molar-refractivity contribution is 0.100. The number of carbonyl (C=O) groups excluding carboxylic acids is 1. The van der Waals surface area contributed by atoms with E-state index in [-0.39, 0.29) is 22.5 Å². The van der Waals surface area contributed by atoms with Crippen molar-refractivity contribution in [1.29, 1.82) is 0 Å². The monoisotopic (exact) mass is 497 g/mol. The molecule has 3 aromatic heterocycles. The van der Waals surface area contributed by atoms with Gasteiger partial charge >= 0.3 is 0 Å². The van der Waals surface area contributed by atoms with Gasteiger partial charge in [0.2, 0.25) is 0 Å². The second-order valence-corrected chi connectivity index (χ2v) is 8.56. The Morgan fingerprint density at radius 1 is 1.03 bits per heavy atom. The number of benzene rings is 2. The molecule has 0 N–H and O–H groups in total. The Balaban J connectivity index is 1.61. The fourth-order valence-electron chi connectivity index (χ4n) is 3.57. The van der Waals surface area contributed by atoms with Crippen LogP contribution in [0, 0.1) is 6.92 Å². The minimum Gasteiger partial charge on any atom is -0.412 e. The molecule has 7 nitrogen and oxygen atoms in total. The summed E-state index contributed by atoms with van der Waals surface area (Å²) < 4.78 is 7.42. The number of hydrogen-bond donors (Lipinski definition) is 0. The lowest BCUT2D eigenvalue weighted by atomic mass is 10.1. The van der Waals surface area contributed by atoms with Crippen molar-refractivity contribution in [3.8, 4) is 11.6 Å². The van der Waals surface area contributed by atoms with Gasteiger partial charge in [-0.05, 0) is 48.9 Å². The molecule has 5 aromatic rings. The van der Waals surface area contributed by atoms with Gasteiger partial charge in [0.05, 0.1) is 17.6 Å². The van der Waals surface area contributed by atoms with E-state index >= 15 is 0 Å². The molecular weight excluding hydrogens is 485 g/mol. The highest BCUT2D eigenvalue weighted by atomic mass is 35.5. The molecule has 10 heteroatoms. The van der Waals surface area contributed by atoms with Gasteiger partial charge in [0, 0.05) is 21.6 Å². The third kappa shape index (κ3) is 3.99. The van der Waals surface area contributed by atoms with Gasteiger partial charge in [-0.1, -0.05) is 52.5 Å². The molecule has 33 heavy (non-hydrogen) atoms. The van der Waals surface area contributed by atoms with Gasteiger partial charge in [-0.2, -0.15) is 5.10 Å². The average molecular weight is 499 g/mol. The van der Waals surface area contributed by atoms with E-state index in [9.17, 15) is 4.79 Å². The maximum Gasteiger partial charge on any atom is 0.289 e. The molecule has 0 spiro atoms. The molecule has 0 unspecified atom stereocenters. The number of ketones is 1. The molecule has 0 fully saturated rings. The lowest BCUT2D eigenvalue weighted by Crippen LogP contribution is -2.04. The van der Waals surface area contributed by atoms with Crippen molar-refractivity contribution in [1.82, 2.24) is 25.0 Å². The Morgan fingerprint density at radius 3 is 2.64 bits per heavy atom. The largest absolute Gasteiger partial charge is 0.412 e. The number of aromatic nitrogens is 5. The van der Waals surface area contributed by atoms with Crippen molar-refractivity contribution in [2.24, 2.45) is 0 Å². The second-order valence-electron chi connectivity index (χ2n) is 7.36. The average Bonchev–Trinajstić information content (AvgIpc) is 3.39. The number of hydrogen-bond acceptors (Lipinski definition) is 6. The number of nitrogens with zero attached hydrogens (tertiary/aromatic N) is 5. The van der Waals surface area contributed by atoms with Crippen LogP contribution in [-0.2, 0) is 6.54 Å². The van der Waals surface area contributed by atoms with Crippen LogP contribution in [0.5, 0.6) is 0 Å². The third-order valence-corrected chi connectivity index (χ3v) is 6.12. The van der Waals surface area contributed by atoms with Crippen molar-refractivity contribution in [2.75, 3.05) is 0 Å². The summed E-state index contributed by atoms with van der Waals surface area (Å²) in [7, 11) is 0. The van der Waals surface area contributed by atoms with Crippen molar-refractivity contribution in [3.05, 3.63) is 92.5 Å². The molecular formula is C23H14Cl3N5O2. The third-order valence-electron chi connectivity index (χ3n) is 5.14. The van der Waals surface area contributed by atoms with Crippen molar-refractivity contribution in [2.45, 2.75) is 13.5 Å². The first-order valence-corrected chi connectivity index (χ1v) is 10.9. The summed E-state index contributed by atoms with van der Waals surface area (Å²) >= 11 is 19.2. The zero-order valence-electron chi connectivity index (χ0n) is 17.1. The van der Waals surface area contributed by atoms with Crippen LogP contribution in [0.4, 0.5) is 0 Å². The predicted molar refractivity (Wildman–Crippen MR) is 126 cm³/mol. The van der Waals surface area contributed by atoms with Crippen molar-refractivity contribution < 1.29 is 9.21 Å². The summed E-state index contributed by atoms with van der Waals surface area (Å²) in [5.74, 6) is -0.586. The molecule has 3 heterocycles. The van der Waals surface area contributed by atoms with Crippen LogP contribution in [-0.4, -0.2) is 30.7 Å². The minimum absolute atomic E-state index is 0.0930. The lowest BCUT2D eigenvalue weighted by Gasteiger charge is -2.10. The summed E-state index contributed by atoms with van der Waals surface area (Å²) in [5, 5.41) is 17.5. The number of aryl methyl sites for hydroxylation is 1. The van der Waals surface area contributed by atoms with Gasteiger partial charge < -0.3 is 8.98 Å². The fraction of sp³-hybridized carbons (Fsp3) is 0.0870. The van der Waals surface area contributed by atoms with Gasteiger partial charge in [-0.15, -0.1) is 15.3 Å². The molecule has 0 saturated carbocycles. The normalized spacial score (nSPS) is 11.3. The molecule has 0 bridgehead atoms. The summed E-state index contributed by atoms with van der Waals surface area (Å²) in [6, 6.07) is 14.4. The molecule has 0 saturated heterocycles. The highest BCUT2D eigenvalue weighted by Gasteiger charge is 2.27. The first kappa shape index (κ1) is 21.6. The standard InChI is InChI=1S/C23H14Cl3N5O2/c1-12-4-7-18-15(9-12)19(21(26)31(18)11-13-5-6-14(24)10-16(13)25)20(32)23-30-29-22(33-23)17-3-2-8-27-28-17/h2-10H,11H2,1H3. The second kappa shape index (κ2) is 8.59. The number of halogens is 3. The van der Waals surface area contributed by atoms with E-state index in [4.69, 9.17) is 39.2 Å². The van der Waals surface area contributed by atoms with E-state index in [0.29, 0.717) is 27.7 Å². The van der Waals surface area contributed by atoms with Gasteiger partial charge in [0.1, 0.15) is 10.8 Å². The highest BCUT2D eigenvalue weighted by Crippen LogP contribution is 2.34. The molecule has 0 radical (unpaired) electrons. The van der Waals surface area contributed by atoms with Crippen LogP contribution < -0.4 is 0 Å². The van der Waals surface area contributed by atoms with Crippen molar-refractivity contribution in [3.63, 3.8) is 0 Å². The van der Waals surface area contributed by atoms with E-state index in [1.807, 2.05) is 35.8 Å². The maximum atomic E-state index is 13.4. The topological polar surface area (TPSA) is 86.7 Å². The number of fused-ring (bicyclic) bond motifs is 1. The van der Waals surface area contributed by atoms with E-state index in [0.717, 1.165) is 16.6 Å². The summed E-state index contributed by atoms with van der Waals surface area (Å²) in [6.45, 7) is 2.28. The smallest absolute Gasteiger partial charge is 0.289 e. The van der Waals surface area contributed by atoms with Gasteiger partial charge in [0.15, 0.2) is 0 Å². The minimum atomic E-state index is -0.487. The Morgan fingerprint density at radius 2 is 1.88 bits per heavy atom. The van der Waals surface area contributed by atoms with Crippen LogP contribution in [0.1, 0.15) is 27.4 Å². The van der Waals surface area contributed by atoms with E-state index < -0.39 is 5.78 Å². The molecule has 0 aliphatic rings. The summed E-state index contributed by atoms with van der Waals surface area (Å²) in [6.07, 6.45) is 1.52. The first-order valence-electron chi connectivity index (χ1n) is 9.81. The molecule has 0 aliphatic heterocycles. The quantitative estimate of drug-likeness (QED) is 0.275. The predicted octanol–water partition coefficient (Wildman–Crippen LogP) is 6.03. The van der Waals surface area contributed by atoms with Crippen LogP contribution >= 0.6 is 34.8 Å². The van der Waals surface area contributed by atoms with E-state index in [2.05, 4.69) is 20.4 Å². The van der Waals surface area contributed by atoms with Gasteiger partial charge in [0.25, 0.3) is 17.6 Å². The highest BCUT2D eigenvalue weighted by molar-refractivity contribution is 6.37. The van der Waals surface area contributed by atoms with E-state index in [1.165, 1.54) is 6.20 Å². The first-order chi connectivity index (χ1) is 15.9. The summed E-state index contributed by atoms with van der Waals surface area (Å²) in [4.78, 5) is 13.4. The van der Waals surface area contributed by atoms with Gasteiger partial charge in [-0.25, -0.2) is 0 Å². The zero-order chi connectivity index (χ0) is 23.1. The Bertz CT molecular complexity index is 1510. The van der Waals surface area contributed by atoms with Gasteiger partial charge in [-0.3, -0.25) is 4.79 Å². The molecule has 5 rings (SSSR count). The number of rotatable bonds is 5. The Hall–Kier alpha value is -3.26. The number of carbonyl (C=O) groups is 1. The maximum absolute atomic E-state index is 13.4. The molecule has 0 amide bonds. The zero-order valence-corrected chi connectivity index (χ0v) is 19.4. The van der Waals surface area contributed by atoms with E-state index in [1.54, 1.807) is 24.3 Å². The SMILES string of the molecule is Cc1ccc2c(c1)c(C(=O)c1nnc(-c3cccnn3)o1)c(Cl)n2Cc1ccc(Cl)cc1Cl. The Labute approximate surface area is 202 Å². The van der Waals surface area contributed by atoms with Crippen LogP contribution in [0.15, 0.2) is 59.1 Å². The molecule has 0 aliphatic carbocycles. The Kier molecular flexibility index (Phi) is 5.62. The van der Waals surface area contributed by atoms with Crippen molar-refractivity contribution >= 4 is 51.5 Å². The van der Waals surface area contributed by atoms with Crippen LogP contribution in [0.2, 0.25) is 15.2 Å². The molecule has 0 atom stereocenters. The van der Waals surface area contributed by atoms with Crippen LogP contribution in [0.25, 0.3) is 22.5 Å². The summed E-state index contributed by atoms with van der Waals surface area (Å²) in [5.41, 5.74) is 3.19. The fourth-order valence-corrected chi connectivity index (χ4v) is 4.38.